The summed E-state index contributed by atoms with van der Waals surface area (Å²) in [6, 6.07) is 15.5. The molecule has 0 amide bonds. The molecule has 5 heteroatoms. The zero-order valence-corrected chi connectivity index (χ0v) is 15.5. The lowest BCUT2D eigenvalue weighted by Crippen LogP contribution is -2.04. The number of nitrogens with zero attached hydrogens (tertiary/aromatic N) is 3. The van der Waals surface area contributed by atoms with Gasteiger partial charge in [-0.3, -0.25) is 4.68 Å². The molecule has 0 spiro atoms. The van der Waals surface area contributed by atoms with Crippen LogP contribution in [0.3, 0.4) is 0 Å². The third kappa shape index (κ3) is 3.35. The Morgan fingerprint density at radius 1 is 1.23 bits per heavy atom. The second-order valence-corrected chi connectivity index (χ2v) is 6.64. The number of nitriles is 1. The fraction of sp³-hybridized carbons (Fsp3) is 0.143. The van der Waals surface area contributed by atoms with Gasteiger partial charge in [-0.25, -0.2) is 0 Å². The fourth-order valence-corrected chi connectivity index (χ4v) is 3.25. The molecule has 4 nitrogen and oxygen atoms in total. The van der Waals surface area contributed by atoms with E-state index in [0.29, 0.717) is 22.8 Å². The van der Waals surface area contributed by atoms with E-state index < -0.39 is 0 Å². The van der Waals surface area contributed by atoms with Crippen LogP contribution in [0.25, 0.3) is 16.8 Å². The summed E-state index contributed by atoms with van der Waals surface area (Å²) in [5.74, 6) is 0. The molecule has 0 aliphatic rings. The molecule has 0 bridgehead atoms. The molecule has 0 unspecified atom stereocenters. The van der Waals surface area contributed by atoms with Gasteiger partial charge in [0, 0.05) is 17.0 Å². The highest BCUT2D eigenvalue weighted by molar-refractivity contribution is 6.32. The van der Waals surface area contributed by atoms with E-state index in [0.717, 1.165) is 33.6 Å². The minimum atomic E-state index is 0.453. The van der Waals surface area contributed by atoms with Gasteiger partial charge >= 0.3 is 0 Å². The van der Waals surface area contributed by atoms with E-state index in [-0.39, 0.29) is 0 Å². The predicted octanol–water partition coefficient (Wildman–Crippen LogP) is 4.67. The van der Waals surface area contributed by atoms with Gasteiger partial charge in [-0.15, -0.1) is 0 Å². The van der Waals surface area contributed by atoms with Crippen molar-refractivity contribution in [2.24, 2.45) is 5.73 Å². The molecule has 0 aliphatic carbocycles. The normalized spacial score (nSPS) is 10.5. The minimum absolute atomic E-state index is 0.453. The first kappa shape index (κ1) is 17.8. The largest absolute Gasteiger partial charge is 0.399 e. The van der Waals surface area contributed by atoms with Crippen molar-refractivity contribution in [2.75, 3.05) is 0 Å². The molecule has 130 valence electrons. The average Bonchev–Trinajstić information content (AvgIpc) is 2.89. The molecule has 0 radical (unpaired) electrons. The van der Waals surface area contributed by atoms with Crippen LogP contribution in [0.15, 0.2) is 49.0 Å². The zero-order chi connectivity index (χ0) is 18.8. The third-order valence-corrected chi connectivity index (χ3v) is 4.73. The number of nitrogens with two attached hydrogens (primary N) is 1. The van der Waals surface area contributed by atoms with Crippen LogP contribution in [-0.2, 0) is 6.54 Å². The summed E-state index contributed by atoms with van der Waals surface area (Å²) in [6.45, 7) is 8.43. The van der Waals surface area contributed by atoms with E-state index >= 15 is 0 Å². The van der Waals surface area contributed by atoms with Crippen molar-refractivity contribution >= 4 is 17.3 Å². The smallest absolute Gasteiger partial charge is 0.101 e. The molecule has 0 atom stereocenters. The molecule has 0 fully saturated rings. The van der Waals surface area contributed by atoms with Crippen LogP contribution in [0, 0.1) is 25.2 Å². The number of halogens is 1. The Labute approximate surface area is 158 Å². The van der Waals surface area contributed by atoms with Gasteiger partial charge < -0.3 is 5.73 Å². The average molecular weight is 363 g/mol. The van der Waals surface area contributed by atoms with Crippen molar-refractivity contribution < 1.29 is 0 Å². The molecule has 1 aromatic heterocycles. The second kappa shape index (κ2) is 7.07. The quantitative estimate of drug-likeness (QED) is 0.733. The zero-order valence-electron chi connectivity index (χ0n) is 14.8. The monoisotopic (exact) mass is 362 g/mol. The Morgan fingerprint density at radius 2 is 1.92 bits per heavy atom. The van der Waals surface area contributed by atoms with Gasteiger partial charge in [0.2, 0.25) is 0 Å². The van der Waals surface area contributed by atoms with E-state index in [9.17, 15) is 0 Å². The summed E-state index contributed by atoms with van der Waals surface area (Å²) < 4.78 is 1.98. The van der Waals surface area contributed by atoms with Gasteiger partial charge in [0.25, 0.3) is 0 Å². The molecule has 3 rings (SSSR count). The molecule has 0 aliphatic heterocycles. The molecule has 3 aromatic rings. The van der Waals surface area contributed by atoms with E-state index in [1.54, 1.807) is 6.07 Å². The molecule has 26 heavy (non-hydrogen) atoms. The van der Waals surface area contributed by atoms with E-state index in [1.807, 2.05) is 54.9 Å². The maximum atomic E-state index is 9.05. The first-order chi connectivity index (χ1) is 12.4. The molecular weight excluding hydrogens is 344 g/mol. The third-order valence-electron chi connectivity index (χ3n) is 4.42. The van der Waals surface area contributed by atoms with Crippen molar-refractivity contribution in [3.05, 3.63) is 82.1 Å². The van der Waals surface area contributed by atoms with Crippen molar-refractivity contribution in [1.82, 2.24) is 9.78 Å². The highest BCUT2D eigenvalue weighted by Gasteiger charge is 2.15. The van der Waals surface area contributed by atoms with Crippen LogP contribution in [-0.4, -0.2) is 9.78 Å². The van der Waals surface area contributed by atoms with E-state index in [1.165, 1.54) is 0 Å². The van der Waals surface area contributed by atoms with Gasteiger partial charge in [0.05, 0.1) is 22.8 Å². The van der Waals surface area contributed by atoms with Crippen molar-refractivity contribution in [2.45, 2.75) is 20.4 Å². The number of aromatic nitrogens is 2. The van der Waals surface area contributed by atoms with Gasteiger partial charge in [-0.05, 0) is 42.7 Å². The highest BCUT2D eigenvalue weighted by atomic mass is 35.5. The number of benzene rings is 2. The lowest BCUT2D eigenvalue weighted by atomic mass is 10.0. The Bertz CT molecular complexity index is 1020. The maximum Gasteiger partial charge on any atom is 0.101 e. The van der Waals surface area contributed by atoms with Crippen LogP contribution >= 0.6 is 11.6 Å². The lowest BCUT2D eigenvalue weighted by Gasteiger charge is -2.08. The predicted molar refractivity (Wildman–Crippen MR) is 106 cm³/mol. The van der Waals surface area contributed by atoms with Crippen LogP contribution in [0.4, 0.5) is 0 Å². The Hall–Kier alpha value is -3.03. The second-order valence-electron chi connectivity index (χ2n) is 6.23. The summed E-state index contributed by atoms with van der Waals surface area (Å²) in [4.78, 5) is 0. The standard InChI is InChI=1S/C21H19ClN4/c1-13(24)17-6-4-16(5-7-17)12-26-15(3)21(14(2)25-26)18-8-9-19(11-23)20(22)10-18/h4-10H,1,12,24H2,2-3H3. The number of aryl methyl sites for hydroxylation is 1. The van der Waals surface area contributed by atoms with Crippen LogP contribution in [0.5, 0.6) is 0 Å². The van der Waals surface area contributed by atoms with Crippen molar-refractivity contribution in [1.29, 1.82) is 5.26 Å². The number of hydrogen-bond donors (Lipinski definition) is 1. The Kier molecular flexibility index (Phi) is 4.83. The Balaban J connectivity index is 1.94. The first-order valence-electron chi connectivity index (χ1n) is 8.18. The first-order valence-corrected chi connectivity index (χ1v) is 8.56. The van der Waals surface area contributed by atoms with Gasteiger partial charge in [-0.1, -0.05) is 48.5 Å². The summed E-state index contributed by atoms with van der Waals surface area (Å²) in [6.07, 6.45) is 0. The molecule has 2 aromatic carbocycles. The molecule has 2 N–H and O–H groups in total. The van der Waals surface area contributed by atoms with E-state index in [4.69, 9.17) is 22.6 Å². The lowest BCUT2D eigenvalue weighted by molar-refractivity contribution is 0.659. The van der Waals surface area contributed by atoms with Crippen molar-refractivity contribution in [3.8, 4) is 17.2 Å². The minimum Gasteiger partial charge on any atom is -0.399 e. The summed E-state index contributed by atoms with van der Waals surface area (Å²) in [7, 11) is 0. The molecular formula is C21H19ClN4. The molecule has 0 saturated carbocycles. The van der Waals surface area contributed by atoms with Crippen LogP contribution < -0.4 is 5.73 Å². The highest BCUT2D eigenvalue weighted by Crippen LogP contribution is 2.30. The van der Waals surface area contributed by atoms with Gasteiger partial charge in [0.1, 0.15) is 6.07 Å². The topological polar surface area (TPSA) is 67.6 Å². The maximum absolute atomic E-state index is 9.05. The number of rotatable bonds is 4. The summed E-state index contributed by atoms with van der Waals surface area (Å²) in [5.41, 5.74) is 12.8. The SMILES string of the molecule is C=C(N)c1ccc(Cn2nc(C)c(-c3ccc(C#N)c(Cl)c3)c2C)cc1. The van der Waals surface area contributed by atoms with Crippen LogP contribution in [0.2, 0.25) is 5.02 Å². The van der Waals surface area contributed by atoms with Crippen LogP contribution in [0.1, 0.15) is 28.1 Å². The molecule has 1 heterocycles. The summed E-state index contributed by atoms with van der Waals surface area (Å²) >= 11 is 6.19. The van der Waals surface area contributed by atoms with E-state index in [2.05, 4.69) is 17.7 Å². The van der Waals surface area contributed by atoms with Gasteiger partial charge in [0.15, 0.2) is 0 Å². The van der Waals surface area contributed by atoms with Gasteiger partial charge in [-0.2, -0.15) is 10.4 Å². The van der Waals surface area contributed by atoms with Crippen molar-refractivity contribution in [3.63, 3.8) is 0 Å². The molecule has 0 saturated heterocycles. The summed E-state index contributed by atoms with van der Waals surface area (Å²) in [5, 5.41) is 14.2. The fourth-order valence-electron chi connectivity index (χ4n) is 3.03. The Morgan fingerprint density at radius 3 is 2.50 bits per heavy atom. The number of hydrogen-bond acceptors (Lipinski definition) is 3.